The average Bonchev–Trinajstić information content (AvgIpc) is 2.69. The Morgan fingerprint density at radius 2 is 2.00 bits per heavy atom. The van der Waals surface area contributed by atoms with Crippen LogP contribution >= 0.6 is 39.1 Å². The minimum absolute atomic E-state index is 0.123. The minimum Gasteiger partial charge on any atom is -0.488 e. The first-order chi connectivity index (χ1) is 13.5. The van der Waals surface area contributed by atoms with Crippen LogP contribution in [0.15, 0.2) is 70.4 Å². The number of carbonyl (C=O) groups excluding carboxylic acids is 1. The second kappa shape index (κ2) is 9.68. The summed E-state index contributed by atoms with van der Waals surface area (Å²) in [5.74, 6) is 0.233. The second-order valence-electron chi connectivity index (χ2n) is 5.61. The van der Waals surface area contributed by atoms with Gasteiger partial charge in [0.15, 0.2) is 0 Å². The third kappa shape index (κ3) is 5.32. The van der Waals surface area contributed by atoms with Crippen molar-refractivity contribution in [1.29, 1.82) is 0 Å². The zero-order valence-electron chi connectivity index (χ0n) is 14.4. The summed E-state index contributed by atoms with van der Waals surface area (Å²) in [6.07, 6.45) is 3.03. The molecule has 0 radical (unpaired) electrons. The Balaban J connectivity index is 1.61. The van der Waals surface area contributed by atoms with Crippen molar-refractivity contribution >= 4 is 51.3 Å². The molecule has 0 bridgehead atoms. The van der Waals surface area contributed by atoms with Crippen LogP contribution in [0.2, 0.25) is 10.2 Å². The Hall–Kier alpha value is -2.41. The molecule has 1 aromatic heterocycles. The fourth-order valence-corrected chi connectivity index (χ4v) is 3.17. The molecule has 3 aromatic rings. The molecule has 0 unspecified atom stereocenters. The van der Waals surface area contributed by atoms with Crippen molar-refractivity contribution in [3.8, 4) is 5.75 Å². The van der Waals surface area contributed by atoms with Crippen LogP contribution in [0, 0.1) is 0 Å². The predicted molar refractivity (Wildman–Crippen MR) is 114 cm³/mol. The van der Waals surface area contributed by atoms with Crippen molar-refractivity contribution in [1.82, 2.24) is 10.4 Å². The van der Waals surface area contributed by atoms with Gasteiger partial charge >= 0.3 is 0 Å². The van der Waals surface area contributed by atoms with E-state index in [1.807, 2.05) is 42.5 Å². The lowest BCUT2D eigenvalue weighted by atomic mass is 10.2. The molecule has 0 aliphatic carbocycles. The summed E-state index contributed by atoms with van der Waals surface area (Å²) in [6.45, 7) is 0.355. The zero-order chi connectivity index (χ0) is 19.9. The minimum atomic E-state index is -0.437. The number of benzene rings is 2. The molecule has 8 heteroatoms. The van der Waals surface area contributed by atoms with E-state index in [4.69, 9.17) is 27.9 Å². The van der Waals surface area contributed by atoms with E-state index in [0.717, 1.165) is 15.6 Å². The van der Waals surface area contributed by atoms with Crippen LogP contribution < -0.4 is 10.2 Å². The van der Waals surface area contributed by atoms with Crippen LogP contribution in [0.5, 0.6) is 5.75 Å². The van der Waals surface area contributed by atoms with E-state index in [9.17, 15) is 4.79 Å². The molecule has 142 valence electrons. The fourth-order valence-electron chi connectivity index (χ4n) is 2.27. The average molecular weight is 479 g/mol. The van der Waals surface area contributed by atoms with Crippen LogP contribution in [0.4, 0.5) is 0 Å². The SMILES string of the molecule is O=C(NN=Cc1ccc(OCc2ccccc2Cl)c(Br)c1)c1cccnc1Cl. The van der Waals surface area contributed by atoms with Gasteiger partial charge in [-0.05, 0) is 57.9 Å². The molecule has 0 saturated heterocycles. The number of nitrogens with one attached hydrogen (secondary N) is 1. The van der Waals surface area contributed by atoms with Gasteiger partial charge in [0.25, 0.3) is 5.91 Å². The monoisotopic (exact) mass is 477 g/mol. The van der Waals surface area contributed by atoms with Gasteiger partial charge in [-0.25, -0.2) is 10.4 Å². The molecule has 3 rings (SSSR count). The summed E-state index contributed by atoms with van der Waals surface area (Å²) in [6, 6.07) is 16.2. The summed E-state index contributed by atoms with van der Waals surface area (Å²) in [7, 11) is 0. The van der Waals surface area contributed by atoms with Gasteiger partial charge in [0.05, 0.1) is 16.3 Å². The summed E-state index contributed by atoms with van der Waals surface area (Å²) < 4.78 is 6.56. The number of rotatable bonds is 6. The number of pyridine rings is 1. The topological polar surface area (TPSA) is 63.6 Å². The molecule has 0 atom stereocenters. The van der Waals surface area contributed by atoms with Gasteiger partial charge in [-0.1, -0.05) is 41.4 Å². The quantitative estimate of drug-likeness (QED) is 0.289. The first-order valence-electron chi connectivity index (χ1n) is 8.14. The number of hydrazone groups is 1. The smallest absolute Gasteiger partial charge is 0.274 e. The molecule has 0 saturated carbocycles. The molecule has 5 nitrogen and oxygen atoms in total. The van der Waals surface area contributed by atoms with Gasteiger partial charge in [0.2, 0.25) is 0 Å². The highest BCUT2D eigenvalue weighted by Crippen LogP contribution is 2.27. The number of carbonyl (C=O) groups is 1. The standard InChI is InChI=1S/C20H14BrCl2N3O2/c21-16-10-13(11-25-26-20(27)15-5-3-9-24-19(15)23)7-8-18(16)28-12-14-4-1-2-6-17(14)22/h1-11H,12H2,(H,26,27). The fraction of sp³-hybridized carbons (Fsp3) is 0.0500. The van der Waals surface area contributed by atoms with Gasteiger partial charge in [0, 0.05) is 16.8 Å². The third-order valence-corrected chi connectivity index (χ3v) is 4.97. The van der Waals surface area contributed by atoms with E-state index in [1.54, 1.807) is 12.1 Å². The third-order valence-electron chi connectivity index (χ3n) is 3.68. The Morgan fingerprint density at radius 1 is 1.18 bits per heavy atom. The van der Waals surface area contributed by atoms with Gasteiger partial charge in [-0.3, -0.25) is 4.79 Å². The zero-order valence-corrected chi connectivity index (χ0v) is 17.5. The maximum atomic E-state index is 12.0. The largest absolute Gasteiger partial charge is 0.488 e. The first kappa shape index (κ1) is 20.3. The van der Waals surface area contributed by atoms with Crippen LogP contribution in [0.3, 0.4) is 0 Å². The van der Waals surface area contributed by atoms with E-state index in [2.05, 4.69) is 31.4 Å². The number of nitrogens with zero attached hydrogens (tertiary/aromatic N) is 2. The number of hydrogen-bond donors (Lipinski definition) is 1. The number of ether oxygens (including phenoxy) is 1. The summed E-state index contributed by atoms with van der Waals surface area (Å²) in [4.78, 5) is 15.9. The number of halogens is 3. The maximum Gasteiger partial charge on any atom is 0.274 e. The molecular formula is C20H14BrCl2N3O2. The molecule has 28 heavy (non-hydrogen) atoms. The summed E-state index contributed by atoms with van der Waals surface area (Å²) in [5.41, 5.74) is 4.35. The van der Waals surface area contributed by atoms with Crippen LogP contribution in [-0.2, 0) is 6.61 Å². The van der Waals surface area contributed by atoms with E-state index in [0.29, 0.717) is 17.4 Å². The lowest BCUT2D eigenvalue weighted by molar-refractivity contribution is 0.0955. The van der Waals surface area contributed by atoms with Gasteiger partial charge < -0.3 is 4.74 Å². The van der Waals surface area contributed by atoms with Gasteiger partial charge in [-0.15, -0.1) is 0 Å². The molecule has 0 aliphatic rings. The summed E-state index contributed by atoms with van der Waals surface area (Å²) >= 11 is 15.5. The van der Waals surface area contributed by atoms with E-state index >= 15 is 0 Å². The highest BCUT2D eigenvalue weighted by atomic mass is 79.9. The van der Waals surface area contributed by atoms with E-state index in [1.165, 1.54) is 12.4 Å². The lowest BCUT2D eigenvalue weighted by Crippen LogP contribution is -2.18. The van der Waals surface area contributed by atoms with Crippen molar-refractivity contribution < 1.29 is 9.53 Å². The molecular weight excluding hydrogens is 465 g/mol. The van der Waals surface area contributed by atoms with Gasteiger partial charge in [0.1, 0.15) is 17.5 Å². The second-order valence-corrected chi connectivity index (χ2v) is 7.23. The number of aromatic nitrogens is 1. The van der Waals surface area contributed by atoms with Crippen molar-refractivity contribution in [2.45, 2.75) is 6.61 Å². The van der Waals surface area contributed by atoms with Crippen molar-refractivity contribution in [2.24, 2.45) is 5.10 Å². The summed E-state index contributed by atoms with van der Waals surface area (Å²) in [5, 5.41) is 4.73. The number of hydrogen-bond acceptors (Lipinski definition) is 4. The molecule has 2 aromatic carbocycles. The maximum absolute atomic E-state index is 12.0. The molecule has 1 N–H and O–H groups in total. The van der Waals surface area contributed by atoms with E-state index < -0.39 is 5.91 Å². The first-order valence-corrected chi connectivity index (χ1v) is 9.69. The van der Waals surface area contributed by atoms with E-state index in [-0.39, 0.29) is 10.7 Å². The predicted octanol–water partition coefficient (Wildman–Crippen LogP) is 5.49. The molecule has 1 heterocycles. The number of amides is 1. The van der Waals surface area contributed by atoms with Gasteiger partial charge in [-0.2, -0.15) is 5.10 Å². The molecule has 1 amide bonds. The van der Waals surface area contributed by atoms with Crippen molar-refractivity contribution in [2.75, 3.05) is 0 Å². The van der Waals surface area contributed by atoms with Crippen LogP contribution in [-0.4, -0.2) is 17.1 Å². The Morgan fingerprint density at radius 3 is 2.75 bits per heavy atom. The van der Waals surface area contributed by atoms with Crippen molar-refractivity contribution in [3.05, 3.63) is 92.1 Å². The Bertz CT molecular complexity index is 1030. The molecule has 0 spiro atoms. The van der Waals surface area contributed by atoms with Crippen molar-refractivity contribution in [3.63, 3.8) is 0 Å². The lowest BCUT2D eigenvalue weighted by Gasteiger charge is -2.10. The molecule has 0 aliphatic heterocycles. The highest BCUT2D eigenvalue weighted by Gasteiger charge is 2.09. The van der Waals surface area contributed by atoms with Crippen LogP contribution in [0.25, 0.3) is 0 Å². The van der Waals surface area contributed by atoms with Crippen LogP contribution in [0.1, 0.15) is 21.5 Å². The Labute approximate surface area is 180 Å². The Kier molecular flexibility index (Phi) is 7.03. The normalized spacial score (nSPS) is 10.8. The highest BCUT2D eigenvalue weighted by molar-refractivity contribution is 9.10. The molecule has 0 fully saturated rings.